The van der Waals surface area contributed by atoms with E-state index in [2.05, 4.69) is 10.3 Å². The Kier molecular flexibility index (Phi) is 3.99. The average Bonchev–Trinajstić information content (AvgIpc) is 3.43. The quantitative estimate of drug-likeness (QED) is 0.898. The van der Waals surface area contributed by atoms with Crippen molar-refractivity contribution in [3.05, 3.63) is 59.4 Å². The minimum atomic E-state index is -0.817. The summed E-state index contributed by atoms with van der Waals surface area (Å²) in [6.07, 6.45) is 5.53. The Morgan fingerprint density at radius 3 is 2.27 bits per heavy atom. The van der Waals surface area contributed by atoms with Crippen molar-refractivity contribution in [1.29, 1.82) is 0 Å². The summed E-state index contributed by atoms with van der Waals surface area (Å²) in [5, 5.41) is 3.55. The molecule has 0 spiro atoms. The predicted molar refractivity (Wildman–Crippen MR) is 100.0 cm³/mol. The van der Waals surface area contributed by atoms with E-state index in [-0.39, 0.29) is 11.8 Å². The lowest BCUT2D eigenvalue weighted by Gasteiger charge is -2.50. The van der Waals surface area contributed by atoms with Gasteiger partial charge in [-0.25, -0.2) is 0 Å². The van der Waals surface area contributed by atoms with E-state index >= 15 is 0 Å². The Bertz CT molecular complexity index is 849. The first-order valence-corrected chi connectivity index (χ1v) is 9.13. The molecule has 26 heavy (non-hydrogen) atoms. The molecule has 134 valence electrons. The van der Waals surface area contributed by atoms with Gasteiger partial charge in [0, 0.05) is 29.6 Å². The van der Waals surface area contributed by atoms with Gasteiger partial charge >= 0.3 is 0 Å². The van der Waals surface area contributed by atoms with Crippen molar-refractivity contribution in [2.75, 3.05) is 11.9 Å². The van der Waals surface area contributed by atoms with Gasteiger partial charge in [-0.15, -0.1) is 0 Å². The fourth-order valence-electron chi connectivity index (χ4n) is 3.60. The zero-order valence-corrected chi connectivity index (χ0v) is 15.3. The number of halogens is 1. The van der Waals surface area contributed by atoms with Crippen molar-refractivity contribution in [2.45, 2.75) is 37.1 Å². The Balaban J connectivity index is 1.53. The van der Waals surface area contributed by atoms with Gasteiger partial charge in [0.15, 0.2) is 0 Å². The second-order valence-electron chi connectivity index (χ2n) is 7.26. The third-order valence-electron chi connectivity index (χ3n) is 5.65. The highest BCUT2D eigenvalue weighted by molar-refractivity contribution is 6.30. The van der Waals surface area contributed by atoms with Crippen molar-refractivity contribution in [2.24, 2.45) is 0 Å². The van der Waals surface area contributed by atoms with Crippen LogP contribution < -0.4 is 5.32 Å². The van der Waals surface area contributed by atoms with Crippen LogP contribution in [0.4, 0.5) is 5.69 Å². The van der Waals surface area contributed by atoms with Gasteiger partial charge < -0.3 is 10.2 Å². The molecule has 2 fully saturated rings. The van der Waals surface area contributed by atoms with Crippen LogP contribution in [0, 0.1) is 0 Å². The van der Waals surface area contributed by atoms with Gasteiger partial charge in [-0.3, -0.25) is 14.6 Å². The minimum absolute atomic E-state index is 0.0402. The molecule has 1 aromatic carbocycles. The molecular weight excluding hydrogens is 350 g/mol. The number of aromatic nitrogens is 1. The molecule has 1 N–H and O–H groups in total. The van der Waals surface area contributed by atoms with E-state index in [1.165, 1.54) is 0 Å². The highest BCUT2D eigenvalue weighted by atomic mass is 35.5. The largest absolute Gasteiger partial charge is 0.327 e. The molecular formula is C20H20ClN3O2. The number of nitrogens with one attached hydrogen (secondary N) is 1. The topological polar surface area (TPSA) is 62.3 Å². The van der Waals surface area contributed by atoms with Crippen LogP contribution in [0.15, 0.2) is 48.8 Å². The van der Waals surface area contributed by atoms with Gasteiger partial charge in [0.25, 0.3) is 0 Å². The molecule has 1 saturated heterocycles. The Hall–Kier alpha value is -2.40. The molecule has 0 radical (unpaired) electrons. The van der Waals surface area contributed by atoms with Crippen molar-refractivity contribution >= 4 is 29.1 Å². The van der Waals surface area contributed by atoms with E-state index in [4.69, 9.17) is 11.6 Å². The number of likely N-dealkylation sites (tertiary alicyclic amines) is 1. The number of hydrogen-bond donors (Lipinski definition) is 1. The number of nitrogens with zero attached hydrogens (tertiary/aromatic N) is 2. The summed E-state index contributed by atoms with van der Waals surface area (Å²) in [5.74, 6) is -0.117. The molecule has 2 aliphatic rings. The van der Waals surface area contributed by atoms with Gasteiger partial charge in [-0.05, 0) is 56.0 Å². The molecule has 1 saturated carbocycles. The summed E-state index contributed by atoms with van der Waals surface area (Å²) in [7, 11) is 0. The second-order valence-corrected chi connectivity index (χ2v) is 7.70. The molecule has 1 aliphatic carbocycles. The molecule has 1 aromatic heterocycles. The first-order valence-electron chi connectivity index (χ1n) is 8.75. The smallest absolute Gasteiger partial charge is 0.250 e. The van der Waals surface area contributed by atoms with Crippen molar-refractivity contribution in [3.8, 4) is 0 Å². The van der Waals surface area contributed by atoms with E-state index in [1.54, 1.807) is 29.4 Å². The fraction of sp³-hybridized carbons (Fsp3) is 0.350. The number of anilines is 1. The molecule has 1 atom stereocenters. The lowest BCUT2D eigenvalue weighted by molar-refractivity contribution is -0.156. The second kappa shape index (κ2) is 6.09. The van der Waals surface area contributed by atoms with Crippen LogP contribution in [0.5, 0.6) is 0 Å². The van der Waals surface area contributed by atoms with E-state index in [9.17, 15) is 9.59 Å². The summed E-state index contributed by atoms with van der Waals surface area (Å²) >= 11 is 5.97. The Morgan fingerprint density at radius 1 is 1.08 bits per heavy atom. The summed E-state index contributed by atoms with van der Waals surface area (Å²) in [6, 6.07) is 10.9. The molecule has 1 aliphatic heterocycles. The van der Waals surface area contributed by atoms with Crippen LogP contribution in [-0.4, -0.2) is 33.8 Å². The number of pyridine rings is 1. The summed E-state index contributed by atoms with van der Waals surface area (Å²) in [6.45, 7) is 2.44. The van der Waals surface area contributed by atoms with Gasteiger partial charge in [0.2, 0.25) is 11.8 Å². The average molecular weight is 370 g/mol. The molecule has 6 heteroatoms. The van der Waals surface area contributed by atoms with Gasteiger partial charge in [-0.2, -0.15) is 0 Å². The number of carbonyl (C=O) groups is 2. The van der Waals surface area contributed by atoms with Crippen molar-refractivity contribution < 1.29 is 9.59 Å². The van der Waals surface area contributed by atoms with Crippen LogP contribution in [0.3, 0.4) is 0 Å². The van der Waals surface area contributed by atoms with Crippen LogP contribution >= 0.6 is 11.6 Å². The minimum Gasteiger partial charge on any atom is -0.327 e. The molecule has 4 rings (SSSR count). The standard InChI is InChI=1S/C20H20ClN3O2/c1-19(17(25)23-16-6-11-22-12-7-16)10-13-24(19)18(26)20(8-9-20)14-2-4-15(21)5-3-14/h2-7,11-12H,8-10,13H2,1H3,(H,22,23,25). The van der Waals surface area contributed by atoms with Crippen molar-refractivity contribution in [3.63, 3.8) is 0 Å². The van der Waals surface area contributed by atoms with Crippen LogP contribution in [0.2, 0.25) is 5.02 Å². The molecule has 5 nitrogen and oxygen atoms in total. The zero-order valence-electron chi connectivity index (χ0n) is 14.5. The maximum atomic E-state index is 13.3. The van der Waals surface area contributed by atoms with E-state index in [1.807, 2.05) is 31.2 Å². The zero-order chi connectivity index (χ0) is 18.4. The number of rotatable bonds is 4. The number of hydrogen-bond acceptors (Lipinski definition) is 3. The van der Waals surface area contributed by atoms with E-state index in [0.29, 0.717) is 23.7 Å². The molecule has 2 aromatic rings. The Labute approximate surface area is 157 Å². The molecule has 1 unspecified atom stereocenters. The van der Waals surface area contributed by atoms with Crippen LogP contribution in [0.1, 0.15) is 31.7 Å². The SMILES string of the molecule is CC1(C(=O)Nc2ccncc2)CCN1C(=O)C1(c2ccc(Cl)cc2)CC1. The summed E-state index contributed by atoms with van der Waals surface area (Å²) < 4.78 is 0. The predicted octanol–water partition coefficient (Wildman–Crippen LogP) is 3.40. The van der Waals surface area contributed by atoms with Gasteiger partial charge in [0.1, 0.15) is 5.54 Å². The molecule has 2 amide bonds. The molecule has 2 heterocycles. The lowest BCUT2D eigenvalue weighted by atomic mass is 9.82. The highest BCUT2D eigenvalue weighted by Crippen LogP contribution is 2.52. The van der Waals surface area contributed by atoms with E-state index < -0.39 is 11.0 Å². The first-order chi connectivity index (χ1) is 12.5. The van der Waals surface area contributed by atoms with Crippen molar-refractivity contribution in [1.82, 2.24) is 9.88 Å². The highest BCUT2D eigenvalue weighted by Gasteiger charge is 2.59. The number of benzene rings is 1. The number of amides is 2. The van der Waals surface area contributed by atoms with Crippen LogP contribution in [0.25, 0.3) is 0 Å². The third-order valence-corrected chi connectivity index (χ3v) is 5.90. The third kappa shape index (κ3) is 2.67. The van der Waals surface area contributed by atoms with Gasteiger partial charge in [-0.1, -0.05) is 23.7 Å². The normalized spacial score (nSPS) is 23.1. The first kappa shape index (κ1) is 17.0. The van der Waals surface area contributed by atoms with Crippen LogP contribution in [-0.2, 0) is 15.0 Å². The molecule has 0 bridgehead atoms. The van der Waals surface area contributed by atoms with Gasteiger partial charge in [0.05, 0.1) is 5.41 Å². The summed E-state index contributed by atoms with van der Waals surface area (Å²) in [4.78, 5) is 31.8. The summed E-state index contributed by atoms with van der Waals surface area (Å²) in [5.41, 5.74) is 0.353. The maximum Gasteiger partial charge on any atom is 0.250 e. The lowest BCUT2D eigenvalue weighted by Crippen LogP contribution is -2.67. The van der Waals surface area contributed by atoms with E-state index in [0.717, 1.165) is 18.4 Å². The number of carbonyl (C=O) groups excluding carboxylic acids is 2. The Morgan fingerprint density at radius 2 is 1.73 bits per heavy atom. The fourth-order valence-corrected chi connectivity index (χ4v) is 3.73. The maximum absolute atomic E-state index is 13.3. The monoisotopic (exact) mass is 369 g/mol.